The van der Waals surface area contributed by atoms with Crippen LogP contribution in [0, 0.1) is 6.92 Å². The van der Waals surface area contributed by atoms with Crippen molar-refractivity contribution >= 4 is 44.0 Å². The molecule has 0 fully saturated rings. The van der Waals surface area contributed by atoms with Gasteiger partial charge in [-0.1, -0.05) is 12.1 Å². The van der Waals surface area contributed by atoms with Crippen LogP contribution in [-0.4, -0.2) is 15.3 Å². The minimum atomic E-state index is -1.19. The van der Waals surface area contributed by atoms with Gasteiger partial charge in [-0.2, -0.15) is 0 Å². The van der Waals surface area contributed by atoms with Gasteiger partial charge < -0.3 is 5.11 Å². The molecule has 3 nitrogen and oxygen atoms in total. The summed E-state index contributed by atoms with van der Waals surface area (Å²) in [4.78, 5) is 12.8. The van der Waals surface area contributed by atoms with Crippen LogP contribution < -0.4 is 0 Å². The Hall–Kier alpha value is -0.980. The molecule has 1 N–H and O–H groups in total. The van der Waals surface area contributed by atoms with E-state index in [4.69, 9.17) is 5.11 Å². The van der Waals surface area contributed by atoms with Crippen molar-refractivity contribution in [3.63, 3.8) is 0 Å². The average molecular weight is 359 g/mol. The number of aromatic carboxylic acids is 1. The van der Waals surface area contributed by atoms with Gasteiger partial charge in [0.2, 0.25) is 0 Å². The van der Waals surface area contributed by atoms with Crippen LogP contribution >= 0.6 is 27.3 Å². The van der Waals surface area contributed by atoms with Crippen LogP contribution in [0.5, 0.6) is 0 Å². The third kappa shape index (κ3) is 3.32. The number of benzene rings is 1. The Morgan fingerprint density at radius 1 is 1.42 bits per heavy atom. The maximum absolute atomic E-state index is 12.3. The van der Waals surface area contributed by atoms with Crippen LogP contribution in [0.25, 0.3) is 0 Å². The van der Waals surface area contributed by atoms with E-state index in [2.05, 4.69) is 15.9 Å². The van der Waals surface area contributed by atoms with Gasteiger partial charge in [0.25, 0.3) is 0 Å². The fourth-order valence-electron chi connectivity index (χ4n) is 1.62. The number of thiophene rings is 1. The van der Waals surface area contributed by atoms with E-state index >= 15 is 0 Å². The van der Waals surface area contributed by atoms with Crippen LogP contribution in [0.2, 0.25) is 0 Å². The summed E-state index contributed by atoms with van der Waals surface area (Å²) in [7, 11) is -1.19. The molecule has 0 radical (unpaired) electrons. The van der Waals surface area contributed by atoms with Gasteiger partial charge in [-0.3, -0.25) is 4.21 Å². The number of halogens is 1. The molecule has 6 heteroatoms. The zero-order chi connectivity index (χ0) is 14.0. The number of carboxylic acids is 1. The molecule has 19 heavy (non-hydrogen) atoms. The highest BCUT2D eigenvalue weighted by Crippen LogP contribution is 2.26. The molecule has 2 rings (SSSR count). The molecular weight excluding hydrogens is 348 g/mol. The van der Waals surface area contributed by atoms with Crippen LogP contribution in [0.15, 0.2) is 39.7 Å². The topological polar surface area (TPSA) is 54.4 Å². The molecule has 0 aliphatic heterocycles. The zero-order valence-corrected chi connectivity index (χ0v) is 13.3. The molecule has 0 aliphatic carbocycles. The number of rotatable bonds is 4. The predicted molar refractivity (Wildman–Crippen MR) is 80.3 cm³/mol. The summed E-state index contributed by atoms with van der Waals surface area (Å²) in [6, 6.07) is 8.96. The van der Waals surface area contributed by atoms with E-state index in [9.17, 15) is 9.00 Å². The second-order valence-electron chi connectivity index (χ2n) is 3.92. The largest absolute Gasteiger partial charge is 0.477 e. The van der Waals surface area contributed by atoms with E-state index in [1.165, 1.54) is 11.3 Å². The highest BCUT2D eigenvalue weighted by molar-refractivity contribution is 9.10. The maximum atomic E-state index is 12.3. The van der Waals surface area contributed by atoms with Gasteiger partial charge in [-0.05, 0) is 46.6 Å². The second kappa shape index (κ2) is 5.98. The Labute approximate surface area is 125 Å². The van der Waals surface area contributed by atoms with Crippen molar-refractivity contribution in [1.29, 1.82) is 0 Å². The van der Waals surface area contributed by atoms with E-state index in [1.807, 2.05) is 25.1 Å². The van der Waals surface area contributed by atoms with Crippen molar-refractivity contribution in [3.05, 3.63) is 50.1 Å². The third-order valence-electron chi connectivity index (χ3n) is 2.60. The highest BCUT2D eigenvalue weighted by atomic mass is 79.9. The van der Waals surface area contributed by atoms with Gasteiger partial charge >= 0.3 is 5.97 Å². The number of carbonyl (C=O) groups is 1. The quantitative estimate of drug-likeness (QED) is 0.903. The van der Waals surface area contributed by atoms with Crippen molar-refractivity contribution in [2.75, 3.05) is 0 Å². The van der Waals surface area contributed by atoms with E-state index in [0.29, 0.717) is 5.75 Å². The Kier molecular flexibility index (Phi) is 4.54. The monoisotopic (exact) mass is 358 g/mol. The van der Waals surface area contributed by atoms with Crippen molar-refractivity contribution in [1.82, 2.24) is 0 Å². The number of aryl methyl sites for hydroxylation is 1. The second-order valence-corrected chi connectivity index (χ2v) is 7.45. The van der Waals surface area contributed by atoms with Crippen LogP contribution in [0.4, 0.5) is 0 Å². The Bertz CT molecular complexity index is 649. The van der Waals surface area contributed by atoms with Gasteiger partial charge in [0.15, 0.2) is 0 Å². The van der Waals surface area contributed by atoms with E-state index in [0.717, 1.165) is 19.8 Å². The normalized spacial score (nSPS) is 12.3. The van der Waals surface area contributed by atoms with E-state index < -0.39 is 16.8 Å². The molecule has 0 saturated heterocycles. The minimum Gasteiger partial charge on any atom is -0.477 e. The van der Waals surface area contributed by atoms with Crippen LogP contribution in [0.3, 0.4) is 0 Å². The van der Waals surface area contributed by atoms with Crippen molar-refractivity contribution in [3.8, 4) is 0 Å². The Morgan fingerprint density at radius 2 is 2.11 bits per heavy atom. The summed E-state index contributed by atoms with van der Waals surface area (Å²) in [5, 5.41) is 8.94. The number of hydrogen-bond donors (Lipinski definition) is 1. The molecular formula is C13H11BrO3S2. The fourth-order valence-corrected chi connectivity index (χ4v) is 4.67. The van der Waals surface area contributed by atoms with Gasteiger partial charge in [-0.15, -0.1) is 11.3 Å². The maximum Gasteiger partial charge on any atom is 0.345 e. The molecule has 0 spiro atoms. The molecule has 0 aliphatic rings. The summed E-state index contributed by atoms with van der Waals surface area (Å²) in [5.41, 5.74) is 0.830. The number of carboxylic acid groups (broad SMARTS) is 1. The summed E-state index contributed by atoms with van der Waals surface area (Å²) in [6.07, 6.45) is 0. The lowest BCUT2D eigenvalue weighted by Gasteiger charge is -2.04. The molecule has 0 amide bonds. The van der Waals surface area contributed by atoms with Gasteiger partial charge in [0.05, 0.1) is 21.4 Å². The van der Waals surface area contributed by atoms with Gasteiger partial charge in [0.1, 0.15) is 4.88 Å². The SMILES string of the molecule is Cc1sc(C(=O)O)cc1CS(=O)c1ccccc1Br. The van der Waals surface area contributed by atoms with Gasteiger partial charge in [0, 0.05) is 9.35 Å². The zero-order valence-electron chi connectivity index (χ0n) is 10.1. The summed E-state index contributed by atoms with van der Waals surface area (Å²) < 4.78 is 13.1. The van der Waals surface area contributed by atoms with Crippen LogP contribution in [-0.2, 0) is 16.6 Å². The smallest absolute Gasteiger partial charge is 0.345 e. The highest BCUT2D eigenvalue weighted by Gasteiger charge is 2.15. The fraction of sp³-hybridized carbons (Fsp3) is 0.154. The average Bonchev–Trinajstić information content (AvgIpc) is 2.71. The Morgan fingerprint density at radius 3 is 2.68 bits per heavy atom. The van der Waals surface area contributed by atoms with Crippen molar-refractivity contribution in [2.45, 2.75) is 17.6 Å². The standard InChI is InChI=1S/C13H11BrO3S2/c1-8-9(6-11(18-8)13(15)16)7-19(17)12-5-3-2-4-10(12)14/h2-6H,7H2,1H3,(H,15,16). The number of hydrogen-bond acceptors (Lipinski definition) is 3. The summed E-state index contributed by atoms with van der Waals surface area (Å²) >= 11 is 4.59. The lowest BCUT2D eigenvalue weighted by Crippen LogP contribution is -1.98. The molecule has 1 aromatic heterocycles. The molecule has 1 heterocycles. The van der Waals surface area contributed by atoms with E-state index in [1.54, 1.807) is 12.1 Å². The molecule has 0 bridgehead atoms. The summed E-state index contributed by atoms with van der Waals surface area (Å²) in [5.74, 6) is -0.607. The summed E-state index contributed by atoms with van der Waals surface area (Å²) in [6.45, 7) is 1.85. The molecule has 1 unspecified atom stereocenters. The van der Waals surface area contributed by atoms with Crippen molar-refractivity contribution in [2.24, 2.45) is 0 Å². The first-order valence-corrected chi connectivity index (χ1v) is 8.37. The molecule has 1 aromatic carbocycles. The molecule has 2 aromatic rings. The first kappa shape index (κ1) is 14.4. The first-order valence-electron chi connectivity index (χ1n) is 5.44. The van der Waals surface area contributed by atoms with Crippen LogP contribution in [0.1, 0.15) is 20.1 Å². The molecule has 100 valence electrons. The first-order chi connectivity index (χ1) is 8.99. The lowest BCUT2D eigenvalue weighted by atomic mass is 10.3. The minimum absolute atomic E-state index is 0.289. The Balaban J connectivity index is 2.24. The molecule has 0 saturated carbocycles. The predicted octanol–water partition coefficient (Wildman–Crippen LogP) is 3.83. The van der Waals surface area contributed by atoms with Gasteiger partial charge in [-0.25, -0.2) is 4.79 Å². The molecule has 1 atom stereocenters. The van der Waals surface area contributed by atoms with E-state index in [-0.39, 0.29) is 4.88 Å². The van der Waals surface area contributed by atoms with Crippen molar-refractivity contribution < 1.29 is 14.1 Å². The third-order valence-corrected chi connectivity index (χ3v) is 6.05. The lowest BCUT2D eigenvalue weighted by molar-refractivity contribution is 0.0702.